The van der Waals surface area contributed by atoms with Gasteiger partial charge in [0.25, 0.3) is 5.56 Å². The van der Waals surface area contributed by atoms with Gasteiger partial charge in [-0.2, -0.15) is 13.2 Å². The average molecular weight is 317 g/mol. The fraction of sp³-hybridized carbons (Fsp3) is 0.182. The Morgan fingerprint density at radius 1 is 1.29 bits per heavy atom. The van der Waals surface area contributed by atoms with Crippen molar-refractivity contribution in [3.8, 4) is 0 Å². The van der Waals surface area contributed by atoms with Crippen molar-refractivity contribution in [1.82, 2.24) is 15.0 Å². The summed E-state index contributed by atoms with van der Waals surface area (Å²) in [4.78, 5) is 21.4. The number of nitrogens with one attached hydrogen (secondary N) is 2. The van der Waals surface area contributed by atoms with Gasteiger partial charge in [0.15, 0.2) is 5.16 Å². The summed E-state index contributed by atoms with van der Waals surface area (Å²) in [6.07, 6.45) is -4.50. The molecule has 2 heterocycles. The second-order valence-corrected chi connectivity index (χ2v) is 4.91. The number of aromatic nitrogens is 3. The van der Waals surface area contributed by atoms with Gasteiger partial charge in [0.2, 0.25) is 0 Å². The standard InChI is InChI=1S/C11H10F3N5OS/c1-16-7-2-5(11(12,13)14)3-9(18-7)21-10-17-6(15)4-8(20)19-10/h2-4H,1H3,(H,16,18)(H3,15,17,19,20). The summed E-state index contributed by atoms with van der Waals surface area (Å²) in [7, 11) is 1.46. The molecule has 0 amide bonds. The van der Waals surface area contributed by atoms with E-state index in [4.69, 9.17) is 5.73 Å². The number of nitrogens with zero attached hydrogens (tertiary/aromatic N) is 2. The minimum absolute atomic E-state index is 0.0259. The van der Waals surface area contributed by atoms with E-state index in [-0.39, 0.29) is 21.8 Å². The molecule has 0 aliphatic rings. The number of rotatable bonds is 3. The van der Waals surface area contributed by atoms with Crippen molar-refractivity contribution >= 4 is 23.4 Å². The first-order chi connectivity index (χ1) is 9.77. The van der Waals surface area contributed by atoms with Crippen LogP contribution in [0.5, 0.6) is 0 Å². The Morgan fingerprint density at radius 3 is 2.57 bits per heavy atom. The molecule has 2 aromatic heterocycles. The van der Waals surface area contributed by atoms with Crippen molar-refractivity contribution in [2.24, 2.45) is 0 Å². The van der Waals surface area contributed by atoms with Crippen LogP contribution in [0.3, 0.4) is 0 Å². The molecule has 112 valence electrons. The number of nitrogen functional groups attached to an aromatic ring is 1. The summed E-state index contributed by atoms with van der Waals surface area (Å²) in [6, 6.07) is 2.83. The van der Waals surface area contributed by atoms with Crippen LogP contribution in [-0.2, 0) is 6.18 Å². The number of hydrogen-bond acceptors (Lipinski definition) is 6. The number of alkyl halides is 3. The van der Waals surface area contributed by atoms with E-state index in [1.165, 1.54) is 7.05 Å². The number of nitrogens with two attached hydrogens (primary N) is 1. The van der Waals surface area contributed by atoms with Crippen LogP contribution < -0.4 is 16.6 Å². The normalized spacial score (nSPS) is 11.4. The zero-order chi connectivity index (χ0) is 15.6. The minimum Gasteiger partial charge on any atom is -0.383 e. The lowest BCUT2D eigenvalue weighted by molar-refractivity contribution is -0.137. The third kappa shape index (κ3) is 3.88. The first kappa shape index (κ1) is 15.2. The largest absolute Gasteiger partial charge is 0.416 e. The Bertz CT molecular complexity index is 716. The van der Waals surface area contributed by atoms with E-state index in [2.05, 4.69) is 20.3 Å². The maximum atomic E-state index is 12.8. The van der Waals surface area contributed by atoms with Gasteiger partial charge in [-0.3, -0.25) is 4.79 Å². The zero-order valence-electron chi connectivity index (χ0n) is 10.7. The van der Waals surface area contributed by atoms with Crippen LogP contribution in [-0.4, -0.2) is 22.0 Å². The van der Waals surface area contributed by atoms with Crippen molar-refractivity contribution in [2.45, 2.75) is 16.4 Å². The molecule has 0 atom stereocenters. The monoisotopic (exact) mass is 317 g/mol. The van der Waals surface area contributed by atoms with Crippen LogP contribution in [0.15, 0.2) is 33.2 Å². The topological polar surface area (TPSA) is 96.7 Å². The maximum absolute atomic E-state index is 12.8. The fourth-order valence-corrected chi connectivity index (χ4v) is 2.28. The van der Waals surface area contributed by atoms with Gasteiger partial charge in [-0.1, -0.05) is 0 Å². The Morgan fingerprint density at radius 2 is 2.00 bits per heavy atom. The molecular formula is C11H10F3N5OS. The van der Waals surface area contributed by atoms with Gasteiger partial charge >= 0.3 is 6.18 Å². The molecule has 6 nitrogen and oxygen atoms in total. The van der Waals surface area contributed by atoms with E-state index >= 15 is 0 Å². The molecular weight excluding hydrogens is 307 g/mol. The van der Waals surface area contributed by atoms with Crippen molar-refractivity contribution in [3.05, 3.63) is 34.1 Å². The predicted octanol–water partition coefficient (Wildman–Crippen LogP) is 1.96. The van der Waals surface area contributed by atoms with E-state index in [9.17, 15) is 18.0 Å². The van der Waals surface area contributed by atoms with Crippen molar-refractivity contribution in [2.75, 3.05) is 18.1 Å². The Labute approximate surface area is 121 Å². The van der Waals surface area contributed by atoms with E-state index in [1.807, 2.05) is 0 Å². The van der Waals surface area contributed by atoms with Crippen LogP contribution in [0.1, 0.15) is 5.56 Å². The van der Waals surface area contributed by atoms with Gasteiger partial charge < -0.3 is 16.0 Å². The molecule has 0 unspecified atom stereocenters. The first-order valence-corrected chi connectivity index (χ1v) is 6.41. The van der Waals surface area contributed by atoms with Gasteiger partial charge in [0.1, 0.15) is 16.7 Å². The molecule has 2 aromatic rings. The van der Waals surface area contributed by atoms with Gasteiger partial charge in [-0.15, -0.1) is 0 Å². The lowest BCUT2D eigenvalue weighted by atomic mass is 10.2. The SMILES string of the molecule is CNc1cc(C(F)(F)F)cc(Sc2nc(N)cc(=O)[nH]2)n1. The van der Waals surface area contributed by atoms with Crippen LogP contribution in [0.25, 0.3) is 0 Å². The third-order valence-corrected chi connectivity index (χ3v) is 3.13. The van der Waals surface area contributed by atoms with Gasteiger partial charge in [0.05, 0.1) is 5.56 Å². The third-order valence-electron chi connectivity index (χ3n) is 2.33. The second kappa shape index (κ2) is 5.64. The Kier molecular flexibility index (Phi) is 4.07. The Hall–Kier alpha value is -2.23. The quantitative estimate of drug-likeness (QED) is 0.749. The van der Waals surface area contributed by atoms with Gasteiger partial charge in [-0.05, 0) is 23.9 Å². The summed E-state index contributed by atoms with van der Waals surface area (Å²) in [5.74, 6) is 0.0284. The molecule has 0 aliphatic carbocycles. The zero-order valence-corrected chi connectivity index (χ0v) is 11.5. The molecule has 0 aromatic carbocycles. The van der Waals surface area contributed by atoms with Crippen molar-refractivity contribution in [1.29, 1.82) is 0 Å². The number of aromatic amines is 1. The minimum atomic E-state index is -4.50. The number of anilines is 2. The lowest BCUT2D eigenvalue weighted by Crippen LogP contribution is -2.10. The smallest absolute Gasteiger partial charge is 0.383 e. The highest BCUT2D eigenvalue weighted by atomic mass is 32.2. The highest BCUT2D eigenvalue weighted by Gasteiger charge is 2.31. The highest BCUT2D eigenvalue weighted by Crippen LogP contribution is 2.34. The summed E-state index contributed by atoms with van der Waals surface area (Å²) >= 11 is 0.778. The van der Waals surface area contributed by atoms with Crippen LogP contribution in [0.4, 0.5) is 24.8 Å². The maximum Gasteiger partial charge on any atom is 0.416 e. The van der Waals surface area contributed by atoms with Crippen LogP contribution in [0.2, 0.25) is 0 Å². The second-order valence-electron chi connectivity index (χ2n) is 3.90. The molecule has 0 spiro atoms. The first-order valence-electron chi connectivity index (χ1n) is 5.59. The number of hydrogen-bond donors (Lipinski definition) is 3. The molecule has 0 radical (unpaired) electrons. The number of halogens is 3. The highest BCUT2D eigenvalue weighted by molar-refractivity contribution is 7.99. The van der Waals surface area contributed by atoms with Gasteiger partial charge in [0, 0.05) is 13.1 Å². The van der Waals surface area contributed by atoms with Crippen LogP contribution in [0, 0.1) is 0 Å². The summed E-state index contributed by atoms with van der Waals surface area (Å²) in [5.41, 5.74) is 4.07. The molecule has 0 aliphatic heterocycles. The lowest BCUT2D eigenvalue weighted by Gasteiger charge is -2.10. The average Bonchev–Trinajstić information content (AvgIpc) is 2.36. The number of H-pyrrole nitrogens is 1. The summed E-state index contributed by atoms with van der Waals surface area (Å²) < 4.78 is 38.4. The van der Waals surface area contributed by atoms with Crippen LogP contribution >= 0.6 is 11.8 Å². The Balaban J connectivity index is 2.41. The van der Waals surface area contributed by atoms with Gasteiger partial charge in [-0.25, -0.2) is 9.97 Å². The number of pyridine rings is 1. The van der Waals surface area contributed by atoms with E-state index in [1.54, 1.807) is 0 Å². The molecule has 0 bridgehead atoms. The van der Waals surface area contributed by atoms with E-state index < -0.39 is 17.3 Å². The predicted molar refractivity (Wildman–Crippen MR) is 72.2 cm³/mol. The molecule has 4 N–H and O–H groups in total. The molecule has 10 heteroatoms. The summed E-state index contributed by atoms with van der Waals surface area (Å²) in [5, 5.41) is 2.64. The summed E-state index contributed by atoms with van der Waals surface area (Å²) in [6.45, 7) is 0. The molecule has 2 rings (SSSR count). The van der Waals surface area contributed by atoms with Crippen molar-refractivity contribution in [3.63, 3.8) is 0 Å². The molecule has 0 saturated heterocycles. The van der Waals surface area contributed by atoms with Crippen molar-refractivity contribution < 1.29 is 13.2 Å². The molecule has 0 saturated carbocycles. The molecule has 21 heavy (non-hydrogen) atoms. The fourth-order valence-electron chi connectivity index (χ4n) is 1.45. The van der Waals surface area contributed by atoms with E-state index in [0.29, 0.717) is 0 Å². The van der Waals surface area contributed by atoms with E-state index in [0.717, 1.165) is 30.0 Å². The molecule has 0 fully saturated rings.